The van der Waals surface area contributed by atoms with Crippen LogP contribution < -0.4 is 10.1 Å². The van der Waals surface area contributed by atoms with Crippen LogP contribution in [0.4, 0.5) is 0 Å². The van der Waals surface area contributed by atoms with Gasteiger partial charge in [0, 0.05) is 17.1 Å². The highest BCUT2D eigenvalue weighted by Gasteiger charge is 2.22. The first-order chi connectivity index (χ1) is 8.58. The molecule has 0 aliphatic heterocycles. The third-order valence-corrected chi connectivity index (χ3v) is 4.06. The fourth-order valence-electron chi connectivity index (χ4n) is 2.34. The lowest BCUT2D eigenvalue weighted by molar-refractivity contribution is 0.359. The van der Waals surface area contributed by atoms with Crippen molar-refractivity contribution in [3.05, 3.63) is 27.7 Å². The third-order valence-electron chi connectivity index (χ3n) is 3.44. The Labute approximate surface area is 120 Å². The largest absolute Gasteiger partial charge is 0.495 e. The van der Waals surface area contributed by atoms with Gasteiger partial charge >= 0.3 is 0 Å². The van der Waals surface area contributed by atoms with Gasteiger partial charge in [0.05, 0.1) is 12.1 Å². The molecule has 1 aromatic carbocycles. The number of ether oxygens (including phenoxy) is 1. The van der Waals surface area contributed by atoms with Crippen LogP contribution >= 0.6 is 23.2 Å². The maximum Gasteiger partial charge on any atom is 0.138 e. The van der Waals surface area contributed by atoms with Gasteiger partial charge in [0.1, 0.15) is 5.75 Å². The first kappa shape index (κ1) is 15.6. The maximum atomic E-state index is 6.33. The van der Waals surface area contributed by atoms with Crippen molar-refractivity contribution in [3.8, 4) is 5.75 Å². The Kier molecular flexibility index (Phi) is 6.27. The Morgan fingerprint density at radius 3 is 2.22 bits per heavy atom. The minimum absolute atomic E-state index is 0.218. The quantitative estimate of drug-likeness (QED) is 0.820. The standard InChI is InChI=1S/C14H21Cl2NO/c1-5-9(6-2)14(17-3)10-7-12(16)13(18-4)8-11(10)15/h7-9,14,17H,5-6H2,1-4H3. The maximum absolute atomic E-state index is 6.33. The number of rotatable bonds is 6. The Morgan fingerprint density at radius 2 is 1.78 bits per heavy atom. The molecule has 0 saturated heterocycles. The number of benzene rings is 1. The minimum atomic E-state index is 0.218. The summed E-state index contributed by atoms with van der Waals surface area (Å²) < 4.78 is 5.17. The van der Waals surface area contributed by atoms with Crippen molar-refractivity contribution in [2.45, 2.75) is 32.7 Å². The number of hydrogen-bond acceptors (Lipinski definition) is 2. The molecule has 0 aliphatic rings. The average Bonchev–Trinajstić information content (AvgIpc) is 2.38. The summed E-state index contributed by atoms with van der Waals surface area (Å²) in [5.41, 5.74) is 1.04. The molecule has 102 valence electrons. The molecule has 0 amide bonds. The van der Waals surface area contributed by atoms with Crippen molar-refractivity contribution in [2.75, 3.05) is 14.2 Å². The summed E-state index contributed by atoms with van der Waals surface area (Å²) >= 11 is 12.5. The fourth-order valence-corrected chi connectivity index (χ4v) is 2.86. The van der Waals surface area contributed by atoms with Gasteiger partial charge in [-0.2, -0.15) is 0 Å². The van der Waals surface area contributed by atoms with Crippen molar-refractivity contribution >= 4 is 23.2 Å². The van der Waals surface area contributed by atoms with E-state index >= 15 is 0 Å². The summed E-state index contributed by atoms with van der Waals surface area (Å²) in [4.78, 5) is 0. The van der Waals surface area contributed by atoms with E-state index in [1.54, 1.807) is 13.2 Å². The molecule has 4 heteroatoms. The number of methoxy groups -OCH3 is 1. The van der Waals surface area contributed by atoms with Crippen LogP contribution in [-0.2, 0) is 0 Å². The third kappa shape index (κ3) is 3.31. The highest BCUT2D eigenvalue weighted by molar-refractivity contribution is 6.34. The Hall–Kier alpha value is -0.440. The van der Waals surface area contributed by atoms with Gasteiger partial charge in [-0.05, 0) is 24.6 Å². The first-order valence-corrected chi connectivity index (χ1v) is 7.04. The van der Waals surface area contributed by atoms with E-state index in [1.807, 2.05) is 13.1 Å². The Morgan fingerprint density at radius 1 is 1.17 bits per heavy atom. The summed E-state index contributed by atoms with van der Waals surface area (Å²) in [6.45, 7) is 4.38. The van der Waals surface area contributed by atoms with Gasteiger partial charge in [0.25, 0.3) is 0 Å². The molecule has 0 heterocycles. The monoisotopic (exact) mass is 289 g/mol. The topological polar surface area (TPSA) is 21.3 Å². The second-order valence-electron chi connectivity index (χ2n) is 4.35. The van der Waals surface area contributed by atoms with Crippen LogP contribution in [0.5, 0.6) is 5.75 Å². The zero-order valence-electron chi connectivity index (χ0n) is 11.4. The van der Waals surface area contributed by atoms with Gasteiger partial charge in [0.2, 0.25) is 0 Å². The summed E-state index contributed by atoms with van der Waals surface area (Å²) in [6.07, 6.45) is 2.20. The molecule has 1 unspecified atom stereocenters. The van der Waals surface area contributed by atoms with Crippen molar-refractivity contribution < 1.29 is 4.74 Å². The molecule has 2 nitrogen and oxygen atoms in total. The van der Waals surface area contributed by atoms with E-state index in [0.29, 0.717) is 21.7 Å². The molecule has 1 rings (SSSR count). The van der Waals surface area contributed by atoms with E-state index in [2.05, 4.69) is 19.2 Å². The number of halogens is 2. The van der Waals surface area contributed by atoms with Crippen molar-refractivity contribution in [3.63, 3.8) is 0 Å². The highest BCUT2D eigenvalue weighted by Crippen LogP contribution is 2.37. The van der Waals surface area contributed by atoms with Crippen molar-refractivity contribution in [2.24, 2.45) is 5.92 Å². The molecule has 0 fully saturated rings. The van der Waals surface area contributed by atoms with Crippen molar-refractivity contribution in [1.82, 2.24) is 5.32 Å². The molecule has 0 aliphatic carbocycles. The average molecular weight is 290 g/mol. The van der Waals surface area contributed by atoms with Gasteiger partial charge in [-0.15, -0.1) is 0 Å². The molecular weight excluding hydrogens is 269 g/mol. The molecular formula is C14H21Cl2NO. The van der Waals surface area contributed by atoms with E-state index in [-0.39, 0.29) is 6.04 Å². The Bertz CT molecular complexity index is 392. The zero-order chi connectivity index (χ0) is 13.7. The van der Waals surface area contributed by atoms with Crippen LogP contribution in [0.1, 0.15) is 38.3 Å². The van der Waals surface area contributed by atoms with Gasteiger partial charge in [-0.1, -0.05) is 49.9 Å². The lowest BCUT2D eigenvalue weighted by Crippen LogP contribution is -2.25. The molecule has 0 spiro atoms. The van der Waals surface area contributed by atoms with E-state index in [9.17, 15) is 0 Å². The molecule has 0 saturated carbocycles. The van der Waals surface area contributed by atoms with Crippen LogP contribution in [-0.4, -0.2) is 14.2 Å². The molecule has 0 aromatic heterocycles. The lowest BCUT2D eigenvalue weighted by Gasteiger charge is -2.26. The highest BCUT2D eigenvalue weighted by atomic mass is 35.5. The van der Waals surface area contributed by atoms with Crippen LogP contribution in [0.25, 0.3) is 0 Å². The summed E-state index contributed by atoms with van der Waals surface area (Å²) in [7, 11) is 3.55. The lowest BCUT2D eigenvalue weighted by atomic mass is 9.89. The van der Waals surface area contributed by atoms with Gasteiger partial charge in [0.15, 0.2) is 0 Å². The fraction of sp³-hybridized carbons (Fsp3) is 0.571. The molecule has 1 N–H and O–H groups in total. The van der Waals surface area contributed by atoms with Gasteiger partial charge in [-0.3, -0.25) is 0 Å². The molecule has 1 atom stereocenters. The first-order valence-electron chi connectivity index (χ1n) is 6.29. The SMILES string of the molecule is CCC(CC)C(NC)c1cc(Cl)c(OC)cc1Cl. The zero-order valence-corrected chi connectivity index (χ0v) is 12.9. The second-order valence-corrected chi connectivity index (χ2v) is 5.17. The van der Waals surface area contributed by atoms with E-state index in [0.717, 1.165) is 18.4 Å². The van der Waals surface area contributed by atoms with Crippen LogP contribution in [0.15, 0.2) is 12.1 Å². The van der Waals surface area contributed by atoms with Gasteiger partial charge < -0.3 is 10.1 Å². The smallest absolute Gasteiger partial charge is 0.138 e. The van der Waals surface area contributed by atoms with E-state index in [1.165, 1.54) is 0 Å². The molecule has 18 heavy (non-hydrogen) atoms. The molecule has 1 aromatic rings. The van der Waals surface area contributed by atoms with Gasteiger partial charge in [-0.25, -0.2) is 0 Å². The normalized spacial score (nSPS) is 12.8. The predicted molar refractivity (Wildman–Crippen MR) is 78.9 cm³/mol. The molecule has 0 radical (unpaired) electrons. The predicted octanol–water partition coefficient (Wildman–Crippen LogP) is 4.70. The second kappa shape index (κ2) is 7.22. The van der Waals surface area contributed by atoms with E-state index in [4.69, 9.17) is 27.9 Å². The number of hydrogen-bond donors (Lipinski definition) is 1. The Balaban J connectivity index is 3.17. The summed E-state index contributed by atoms with van der Waals surface area (Å²) in [6, 6.07) is 3.91. The van der Waals surface area contributed by atoms with Crippen molar-refractivity contribution in [1.29, 1.82) is 0 Å². The van der Waals surface area contributed by atoms with Crippen LogP contribution in [0.2, 0.25) is 10.0 Å². The number of nitrogens with one attached hydrogen (secondary N) is 1. The summed E-state index contributed by atoms with van der Waals surface area (Å²) in [5.74, 6) is 1.15. The van der Waals surface area contributed by atoms with Crippen LogP contribution in [0.3, 0.4) is 0 Å². The minimum Gasteiger partial charge on any atom is -0.495 e. The molecule has 0 bridgehead atoms. The van der Waals surface area contributed by atoms with Crippen LogP contribution in [0, 0.1) is 5.92 Å². The van der Waals surface area contributed by atoms with E-state index < -0.39 is 0 Å². The summed E-state index contributed by atoms with van der Waals surface area (Å²) in [5, 5.41) is 4.64.